The molecule has 1 N–H and O–H groups in total. The van der Waals surface area contributed by atoms with Crippen molar-refractivity contribution in [3.05, 3.63) is 11.6 Å². The Morgan fingerprint density at radius 2 is 1.48 bits per heavy atom. The van der Waals surface area contributed by atoms with Crippen LogP contribution in [0.5, 0.6) is 0 Å². The largest absolute Gasteiger partial charge is 0.389 e. The van der Waals surface area contributed by atoms with E-state index < -0.39 is 0 Å². The molecule has 1 atom stereocenters. The Bertz CT molecular complexity index is 257. The van der Waals surface area contributed by atoms with Gasteiger partial charge in [-0.2, -0.15) is 0 Å². The van der Waals surface area contributed by atoms with Crippen LogP contribution in [0.4, 0.5) is 0 Å². The van der Waals surface area contributed by atoms with Crippen molar-refractivity contribution in [2.24, 2.45) is 0 Å². The van der Waals surface area contributed by atoms with E-state index in [1.165, 1.54) is 95.5 Å². The van der Waals surface area contributed by atoms with Gasteiger partial charge in [0.1, 0.15) is 0 Å². The van der Waals surface area contributed by atoms with E-state index in [-0.39, 0.29) is 6.10 Å². The zero-order chi connectivity index (χ0) is 15.2. The van der Waals surface area contributed by atoms with E-state index in [4.69, 9.17) is 0 Å². The van der Waals surface area contributed by atoms with Gasteiger partial charge in [-0.15, -0.1) is 0 Å². The molecular formula is C20H38O. The first-order valence-electron chi connectivity index (χ1n) is 9.71. The monoisotopic (exact) mass is 294 g/mol. The molecule has 0 amide bonds. The molecule has 21 heavy (non-hydrogen) atoms. The molecule has 0 aromatic heterocycles. The Morgan fingerprint density at radius 3 is 2.19 bits per heavy atom. The third-order valence-electron chi connectivity index (χ3n) is 4.84. The van der Waals surface area contributed by atoms with Gasteiger partial charge in [-0.3, -0.25) is 0 Å². The number of allylic oxidation sites excluding steroid dienone is 1. The SMILES string of the molecule is CCCCCCCCCCCC(O)C1=CCCCCCC1. The van der Waals surface area contributed by atoms with E-state index >= 15 is 0 Å². The fraction of sp³-hybridized carbons (Fsp3) is 0.900. The molecule has 1 aliphatic carbocycles. The van der Waals surface area contributed by atoms with Crippen molar-refractivity contribution in [1.82, 2.24) is 0 Å². The number of aliphatic hydroxyl groups is 1. The molecule has 1 aliphatic rings. The fourth-order valence-electron chi connectivity index (χ4n) is 3.35. The summed E-state index contributed by atoms with van der Waals surface area (Å²) in [5.74, 6) is 0. The highest BCUT2D eigenvalue weighted by molar-refractivity contribution is 5.08. The summed E-state index contributed by atoms with van der Waals surface area (Å²) in [7, 11) is 0. The second-order valence-electron chi connectivity index (χ2n) is 6.86. The topological polar surface area (TPSA) is 20.2 Å². The molecule has 0 aromatic carbocycles. The predicted molar refractivity (Wildman–Crippen MR) is 93.6 cm³/mol. The maximum absolute atomic E-state index is 10.3. The normalized spacial score (nSPS) is 17.9. The Kier molecular flexibility index (Phi) is 11.9. The van der Waals surface area contributed by atoms with Gasteiger partial charge in [0.2, 0.25) is 0 Å². The van der Waals surface area contributed by atoms with Crippen molar-refractivity contribution in [2.75, 3.05) is 0 Å². The molecule has 124 valence electrons. The van der Waals surface area contributed by atoms with E-state index in [0.29, 0.717) is 0 Å². The van der Waals surface area contributed by atoms with Crippen molar-refractivity contribution < 1.29 is 5.11 Å². The third kappa shape index (κ3) is 10.1. The summed E-state index contributed by atoms with van der Waals surface area (Å²) in [6.45, 7) is 2.27. The van der Waals surface area contributed by atoms with Crippen LogP contribution in [0.1, 0.15) is 110 Å². The first-order chi connectivity index (χ1) is 10.3. The lowest BCUT2D eigenvalue weighted by atomic mass is 9.93. The molecule has 1 unspecified atom stereocenters. The first-order valence-corrected chi connectivity index (χ1v) is 9.71. The molecular weight excluding hydrogens is 256 g/mol. The average Bonchev–Trinajstić information content (AvgIpc) is 2.45. The fourth-order valence-corrected chi connectivity index (χ4v) is 3.35. The molecule has 0 bridgehead atoms. The molecule has 0 aromatic rings. The van der Waals surface area contributed by atoms with E-state index in [1.54, 1.807) is 0 Å². The van der Waals surface area contributed by atoms with Gasteiger partial charge in [-0.25, -0.2) is 0 Å². The van der Waals surface area contributed by atoms with Gasteiger partial charge in [0.25, 0.3) is 0 Å². The number of hydrogen-bond acceptors (Lipinski definition) is 1. The molecule has 0 aliphatic heterocycles. The summed E-state index contributed by atoms with van der Waals surface area (Å²) in [5, 5.41) is 10.3. The van der Waals surface area contributed by atoms with Crippen molar-refractivity contribution >= 4 is 0 Å². The summed E-state index contributed by atoms with van der Waals surface area (Å²) < 4.78 is 0. The van der Waals surface area contributed by atoms with Gasteiger partial charge < -0.3 is 5.11 Å². The van der Waals surface area contributed by atoms with Crippen molar-refractivity contribution in [3.8, 4) is 0 Å². The highest BCUT2D eigenvalue weighted by atomic mass is 16.3. The van der Waals surface area contributed by atoms with Crippen LogP contribution < -0.4 is 0 Å². The lowest BCUT2D eigenvalue weighted by Crippen LogP contribution is -2.11. The molecule has 0 saturated heterocycles. The van der Waals surface area contributed by atoms with Crippen molar-refractivity contribution in [3.63, 3.8) is 0 Å². The number of rotatable bonds is 11. The first kappa shape index (κ1) is 18.7. The van der Waals surface area contributed by atoms with Gasteiger partial charge >= 0.3 is 0 Å². The lowest BCUT2D eigenvalue weighted by Gasteiger charge is -2.17. The molecule has 0 heterocycles. The number of unbranched alkanes of at least 4 members (excludes halogenated alkanes) is 8. The Labute approximate surface area is 133 Å². The zero-order valence-corrected chi connectivity index (χ0v) is 14.4. The van der Waals surface area contributed by atoms with Crippen LogP contribution in [0.25, 0.3) is 0 Å². The van der Waals surface area contributed by atoms with E-state index in [2.05, 4.69) is 13.0 Å². The van der Waals surface area contributed by atoms with E-state index in [1.807, 2.05) is 0 Å². The lowest BCUT2D eigenvalue weighted by molar-refractivity contribution is 0.190. The van der Waals surface area contributed by atoms with E-state index in [0.717, 1.165) is 12.8 Å². The quantitative estimate of drug-likeness (QED) is 0.338. The summed E-state index contributed by atoms with van der Waals surface area (Å²) in [5.41, 5.74) is 1.34. The van der Waals surface area contributed by atoms with Crippen molar-refractivity contribution in [2.45, 2.75) is 116 Å². The standard InChI is InChI=1S/C20H38O/c1-2-3-4-5-6-7-8-12-15-18-20(21)19-16-13-10-9-11-14-17-19/h16,20-21H,2-15,17-18H2,1H3. The summed E-state index contributed by atoms with van der Waals surface area (Å²) in [6.07, 6.45) is 23.1. The second-order valence-corrected chi connectivity index (χ2v) is 6.86. The summed E-state index contributed by atoms with van der Waals surface area (Å²) in [6, 6.07) is 0. The van der Waals surface area contributed by atoms with Gasteiger partial charge in [-0.1, -0.05) is 83.6 Å². The Morgan fingerprint density at radius 1 is 0.857 bits per heavy atom. The molecule has 0 saturated carbocycles. The summed E-state index contributed by atoms with van der Waals surface area (Å²) in [4.78, 5) is 0. The predicted octanol–water partition coefficient (Wildman–Crippen LogP) is 6.55. The molecule has 0 radical (unpaired) electrons. The Hall–Kier alpha value is -0.300. The zero-order valence-electron chi connectivity index (χ0n) is 14.4. The minimum atomic E-state index is -0.146. The molecule has 0 fully saturated rings. The van der Waals surface area contributed by atoms with E-state index in [9.17, 15) is 5.11 Å². The van der Waals surface area contributed by atoms with Crippen LogP contribution >= 0.6 is 0 Å². The molecule has 1 heteroatoms. The Balaban J connectivity index is 1.98. The van der Waals surface area contributed by atoms with Crippen LogP contribution in [0.3, 0.4) is 0 Å². The number of aliphatic hydroxyl groups excluding tert-OH is 1. The van der Waals surface area contributed by atoms with Gasteiger partial charge in [0.05, 0.1) is 6.10 Å². The molecule has 0 spiro atoms. The highest BCUT2D eigenvalue weighted by Crippen LogP contribution is 2.22. The van der Waals surface area contributed by atoms with Gasteiger partial charge in [0.15, 0.2) is 0 Å². The minimum absolute atomic E-state index is 0.146. The van der Waals surface area contributed by atoms with Gasteiger partial charge in [-0.05, 0) is 37.7 Å². The van der Waals surface area contributed by atoms with Crippen LogP contribution in [0.2, 0.25) is 0 Å². The summed E-state index contributed by atoms with van der Waals surface area (Å²) >= 11 is 0. The smallest absolute Gasteiger partial charge is 0.0750 e. The van der Waals surface area contributed by atoms with Crippen LogP contribution in [0, 0.1) is 0 Å². The van der Waals surface area contributed by atoms with Crippen LogP contribution in [-0.2, 0) is 0 Å². The minimum Gasteiger partial charge on any atom is -0.389 e. The molecule has 1 nitrogen and oxygen atoms in total. The average molecular weight is 295 g/mol. The highest BCUT2D eigenvalue weighted by Gasteiger charge is 2.11. The van der Waals surface area contributed by atoms with Gasteiger partial charge in [0, 0.05) is 0 Å². The maximum atomic E-state index is 10.3. The van der Waals surface area contributed by atoms with Crippen molar-refractivity contribution in [1.29, 1.82) is 0 Å². The number of hydrogen-bond donors (Lipinski definition) is 1. The second kappa shape index (κ2) is 13.4. The van der Waals surface area contributed by atoms with Crippen LogP contribution in [0.15, 0.2) is 11.6 Å². The van der Waals surface area contributed by atoms with Crippen LogP contribution in [-0.4, -0.2) is 11.2 Å². The third-order valence-corrected chi connectivity index (χ3v) is 4.84. The molecule has 1 rings (SSSR count). The maximum Gasteiger partial charge on any atom is 0.0750 e.